The lowest BCUT2D eigenvalue weighted by atomic mass is 9.98. The van der Waals surface area contributed by atoms with Crippen molar-refractivity contribution >= 4 is 17.7 Å². The molecule has 4 rings (SSSR count). The number of amides is 1. The maximum Gasteiger partial charge on any atom is 0.305 e. The normalized spacial score (nSPS) is 11.2. The van der Waals surface area contributed by atoms with E-state index in [0.717, 1.165) is 23.4 Å². The summed E-state index contributed by atoms with van der Waals surface area (Å²) >= 11 is 0. The molecule has 8 nitrogen and oxygen atoms in total. The van der Waals surface area contributed by atoms with Crippen LogP contribution in [0.5, 0.6) is 5.75 Å². The zero-order valence-corrected chi connectivity index (χ0v) is 21.2. The van der Waals surface area contributed by atoms with Crippen LogP contribution in [0.1, 0.15) is 40.4 Å². The number of carboxylic acids is 1. The van der Waals surface area contributed by atoms with E-state index in [9.17, 15) is 14.7 Å². The van der Waals surface area contributed by atoms with Crippen LogP contribution in [-0.4, -0.2) is 35.1 Å². The number of hydrogen-bond acceptors (Lipinski definition) is 6. The van der Waals surface area contributed by atoms with E-state index in [-0.39, 0.29) is 6.42 Å². The number of nitrogens with one attached hydrogen (secondary N) is 2. The van der Waals surface area contributed by atoms with Crippen molar-refractivity contribution in [2.24, 2.45) is 0 Å². The van der Waals surface area contributed by atoms with Crippen LogP contribution in [0.15, 0.2) is 97.2 Å². The Balaban J connectivity index is 1.37. The van der Waals surface area contributed by atoms with Gasteiger partial charge in [-0.25, -0.2) is 4.98 Å². The van der Waals surface area contributed by atoms with Crippen LogP contribution in [0, 0.1) is 11.3 Å². The van der Waals surface area contributed by atoms with Crippen LogP contribution in [0.25, 0.3) is 11.1 Å². The molecule has 0 aliphatic rings. The Bertz CT molecular complexity index is 1450. The first-order valence-corrected chi connectivity index (χ1v) is 12.5. The van der Waals surface area contributed by atoms with Crippen LogP contribution in [0.4, 0.5) is 5.82 Å². The van der Waals surface area contributed by atoms with Crippen LogP contribution >= 0.6 is 0 Å². The van der Waals surface area contributed by atoms with E-state index < -0.39 is 17.9 Å². The molecule has 0 saturated heterocycles. The van der Waals surface area contributed by atoms with Crippen LogP contribution in [0.2, 0.25) is 0 Å². The summed E-state index contributed by atoms with van der Waals surface area (Å²) in [6.45, 7) is 1.15. The van der Waals surface area contributed by atoms with Crippen LogP contribution < -0.4 is 15.4 Å². The number of carbonyl (C=O) groups excluding carboxylic acids is 1. The van der Waals surface area contributed by atoms with Gasteiger partial charge in [0, 0.05) is 18.3 Å². The standard InChI is InChI=1S/C31H28N4O4/c32-21-22-6-3-7-25(18-22)23-11-13-24(14-12-23)28(20-30(36)37)35-31(38)26-8-4-9-27(19-26)39-17-5-16-34-29-10-1-2-15-33-29/h1-4,6-15,18-19,28H,5,16-17,20H2,(H,33,34)(H,35,38)(H,36,37). The molecule has 3 N–H and O–H groups in total. The molecule has 1 atom stereocenters. The van der Waals surface area contributed by atoms with E-state index in [1.165, 1.54) is 0 Å². The molecule has 8 heteroatoms. The second-order valence-electron chi connectivity index (χ2n) is 8.81. The summed E-state index contributed by atoms with van der Waals surface area (Å²) in [7, 11) is 0. The van der Waals surface area contributed by atoms with Gasteiger partial charge in [0.2, 0.25) is 0 Å². The van der Waals surface area contributed by atoms with Gasteiger partial charge < -0.3 is 20.5 Å². The highest BCUT2D eigenvalue weighted by Crippen LogP contribution is 2.25. The first-order chi connectivity index (χ1) is 19.0. The fourth-order valence-corrected chi connectivity index (χ4v) is 4.02. The van der Waals surface area contributed by atoms with Crippen molar-refractivity contribution in [1.82, 2.24) is 10.3 Å². The number of nitriles is 1. The summed E-state index contributed by atoms with van der Waals surface area (Å²) < 4.78 is 5.81. The van der Waals surface area contributed by atoms with Crippen molar-refractivity contribution in [3.63, 3.8) is 0 Å². The molecule has 1 unspecified atom stereocenters. The minimum absolute atomic E-state index is 0.269. The molecule has 1 aromatic heterocycles. The quantitative estimate of drug-likeness (QED) is 0.212. The summed E-state index contributed by atoms with van der Waals surface area (Å²) in [5, 5.41) is 24.7. The van der Waals surface area contributed by atoms with Gasteiger partial charge in [-0.05, 0) is 65.6 Å². The second-order valence-corrected chi connectivity index (χ2v) is 8.81. The van der Waals surface area contributed by atoms with Gasteiger partial charge >= 0.3 is 5.97 Å². The number of ether oxygens (including phenoxy) is 1. The molecule has 0 bridgehead atoms. The maximum absolute atomic E-state index is 13.0. The highest BCUT2D eigenvalue weighted by molar-refractivity contribution is 5.95. The Morgan fingerprint density at radius 1 is 0.949 bits per heavy atom. The van der Waals surface area contributed by atoms with Crippen molar-refractivity contribution in [3.8, 4) is 22.9 Å². The lowest BCUT2D eigenvalue weighted by Crippen LogP contribution is -2.30. The molecular formula is C31H28N4O4. The summed E-state index contributed by atoms with van der Waals surface area (Å²) in [6, 6.07) is 28.4. The number of benzene rings is 3. The largest absolute Gasteiger partial charge is 0.494 e. The topological polar surface area (TPSA) is 124 Å². The van der Waals surface area contributed by atoms with E-state index in [1.807, 2.05) is 42.5 Å². The number of aromatic nitrogens is 1. The minimum atomic E-state index is -1.03. The molecule has 0 fully saturated rings. The zero-order valence-electron chi connectivity index (χ0n) is 21.2. The number of hydrogen-bond donors (Lipinski definition) is 3. The first kappa shape index (κ1) is 26.9. The fraction of sp³-hybridized carbons (Fsp3) is 0.161. The minimum Gasteiger partial charge on any atom is -0.494 e. The molecule has 0 aliphatic carbocycles. The van der Waals surface area contributed by atoms with Crippen molar-refractivity contribution in [1.29, 1.82) is 5.26 Å². The summed E-state index contributed by atoms with van der Waals surface area (Å²) in [4.78, 5) is 28.8. The van der Waals surface area contributed by atoms with Crippen molar-refractivity contribution in [2.45, 2.75) is 18.9 Å². The Hall–Kier alpha value is -5.16. The lowest BCUT2D eigenvalue weighted by molar-refractivity contribution is -0.137. The first-order valence-electron chi connectivity index (χ1n) is 12.5. The highest BCUT2D eigenvalue weighted by Gasteiger charge is 2.19. The fourth-order valence-electron chi connectivity index (χ4n) is 4.02. The SMILES string of the molecule is N#Cc1cccc(-c2ccc(C(CC(=O)O)NC(=O)c3cccc(OCCCNc4ccccn4)c3)cc2)c1. The number of pyridine rings is 1. The van der Waals surface area contributed by atoms with Crippen LogP contribution in [-0.2, 0) is 4.79 Å². The third-order valence-electron chi connectivity index (χ3n) is 5.98. The summed E-state index contributed by atoms with van der Waals surface area (Å²) in [5.74, 6) is -0.0639. The molecule has 0 radical (unpaired) electrons. The number of anilines is 1. The average molecular weight is 521 g/mol. The van der Waals surface area contributed by atoms with Gasteiger partial charge in [0.15, 0.2) is 0 Å². The molecule has 196 valence electrons. The number of rotatable bonds is 12. The van der Waals surface area contributed by atoms with Crippen molar-refractivity contribution in [3.05, 3.63) is 114 Å². The van der Waals surface area contributed by atoms with E-state index in [1.54, 1.807) is 54.7 Å². The Morgan fingerprint density at radius 3 is 2.51 bits per heavy atom. The lowest BCUT2D eigenvalue weighted by Gasteiger charge is -2.18. The number of carbonyl (C=O) groups is 2. The molecule has 0 spiro atoms. The molecule has 1 heterocycles. The van der Waals surface area contributed by atoms with Crippen molar-refractivity contribution < 1.29 is 19.4 Å². The predicted molar refractivity (Wildman–Crippen MR) is 148 cm³/mol. The third kappa shape index (κ3) is 7.91. The zero-order chi connectivity index (χ0) is 27.5. The number of carboxylic acid groups (broad SMARTS) is 1. The maximum atomic E-state index is 13.0. The monoisotopic (exact) mass is 520 g/mol. The van der Waals surface area contributed by atoms with Gasteiger partial charge in [-0.1, -0.05) is 48.5 Å². The van der Waals surface area contributed by atoms with Gasteiger partial charge in [0.1, 0.15) is 11.6 Å². The van der Waals surface area contributed by atoms with Crippen LogP contribution in [0.3, 0.4) is 0 Å². The number of aliphatic carboxylic acids is 1. The smallest absolute Gasteiger partial charge is 0.305 e. The summed E-state index contributed by atoms with van der Waals surface area (Å²) in [6.07, 6.45) is 2.20. The second kappa shape index (κ2) is 13.4. The van der Waals surface area contributed by atoms with E-state index in [2.05, 4.69) is 21.7 Å². The Labute approximate surface area is 226 Å². The van der Waals surface area contributed by atoms with E-state index in [0.29, 0.717) is 35.6 Å². The van der Waals surface area contributed by atoms with Gasteiger partial charge in [0.05, 0.1) is 30.7 Å². The predicted octanol–water partition coefficient (Wildman–Crippen LogP) is 5.45. The van der Waals surface area contributed by atoms with Gasteiger partial charge in [0.25, 0.3) is 5.91 Å². The van der Waals surface area contributed by atoms with Gasteiger partial charge in [-0.15, -0.1) is 0 Å². The Kier molecular flexibility index (Phi) is 9.24. The van der Waals surface area contributed by atoms with E-state index in [4.69, 9.17) is 10.00 Å². The molecule has 0 aliphatic heterocycles. The molecule has 39 heavy (non-hydrogen) atoms. The molecule has 3 aromatic carbocycles. The average Bonchev–Trinajstić information content (AvgIpc) is 2.97. The molecule has 0 saturated carbocycles. The highest BCUT2D eigenvalue weighted by atomic mass is 16.5. The molecule has 1 amide bonds. The van der Waals surface area contributed by atoms with E-state index >= 15 is 0 Å². The molecular weight excluding hydrogens is 492 g/mol. The third-order valence-corrected chi connectivity index (χ3v) is 5.98. The van der Waals surface area contributed by atoms with Gasteiger partial charge in [-0.2, -0.15) is 5.26 Å². The van der Waals surface area contributed by atoms with Gasteiger partial charge in [-0.3, -0.25) is 9.59 Å². The number of nitrogens with zero attached hydrogens (tertiary/aromatic N) is 2. The van der Waals surface area contributed by atoms with Crippen molar-refractivity contribution in [2.75, 3.05) is 18.5 Å². The molecule has 4 aromatic rings. The summed E-state index contributed by atoms with van der Waals surface area (Å²) in [5.41, 5.74) is 3.36. The Morgan fingerprint density at radius 2 is 1.77 bits per heavy atom.